The molecule has 0 aliphatic heterocycles. The van der Waals surface area contributed by atoms with E-state index in [0.717, 1.165) is 16.7 Å². The SMILES string of the molecule is O=C([O-])c1cncc(Cc2cc(Cl)ccc2OCc2ccccc2)c1.[Na+]. The Morgan fingerprint density at radius 1 is 1.04 bits per heavy atom. The number of ether oxygens (including phenoxy) is 1. The number of carbonyl (C=O) groups excluding carboxylic acids is 1. The molecule has 0 radical (unpaired) electrons. The third kappa shape index (κ3) is 5.58. The molecule has 0 fully saturated rings. The van der Waals surface area contributed by atoms with Gasteiger partial charge in [-0.15, -0.1) is 0 Å². The Morgan fingerprint density at radius 2 is 1.81 bits per heavy atom. The number of hydrogen-bond acceptors (Lipinski definition) is 4. The minimum absolute atomic E-state index is 0. The number of halogens is 1. The number of benzene rings is 2. The molecule has 0 bridgehead atoms. The van der Waals surface area contributed by atoms with Crippen molar-refractivity contribution >= 4 is 17.6 Å². The maximum Gasteiger partial charge on any atom is 1.00 e. The molecular weight excluding hydrogens is 361 g/mol. The van der Waals surface area contributed by atoms with E-state index in [4.69, 9.17) is 16.3 Å². The summed E-state index contributed by atoms with van der Waals surface area (Å²) in [6, 6.07) is 16.8. The van der Waals surface area contributed by atoms with Crippen LogP contribution in [-0.2, 0) is 13.0 Å². The summed E-state index contributed by atoms with van der Waals surface area (Å²) >= 11 is 6.11. The molecule has 3 aromatic rings. The van der Waals surface area contributed by atoms with Crippen molar-refractivity contribution in [3.05, 3.63) is 94.3 Å². The van der Waals surface area contributed by atoms with Crippen molar-refractivity contribution in [3.63, 3.8) is 0 Å². The van der Waals surface area contributed by atoms with Crippen LogP contribution in [0.25, 0.3) is 0 Å². The van der Waals surface area contributed by atoms with Crippen LogP contribution in [0.3, 0.4) is 0 Å². The maximum atomic E-state index is 11.0. The summed E-state index contributed by atoms with van der Waals surface area (Å²) in [6.45, 7) is 0.437. The van der Waals surface area contributed by atoms with Gasteiger partial charge in [0.15, 0.2) is 0 Å². The second-order valence-electron chi connectivity index (χ2n) is 5.57. The van der Waals surface area contributed by atoms with Gasteiger partial charge in [-0.25, -0.2) is 0 Å². The van der Waals surface area contributed by atoms with Gasteiger partial charge in [-0.1, -0.05) is 41.9 Å². The monoisotopic (exact) mass is 375 g/mol. The van der Waals surface area contributed by atoms with E-state index in [1.807, 2.05) is 42.5 Å². The zero-order valence-electron chi connectivity index (χ0n) is 14.3. The fourth-order valence-electron chi connectivity index (χ4n) is 2.48. The molecule has 1 aromatic heterocycles. The topological polar surface area (TPSA) is 62.2 Å². The fourth-order valence-corrected chi connectivity index (χ4v) is 2.67. The molecule has 0 aliphatic carbocycles. The summed E-state index contributed by atoms with van der Waals surface area (Å²) in [5, 5.41) is 11.6. The number of aromatic carboxylic acids is 1. The van der Waals surface area contributed by atoms with Gasteiger partial charge in [0.05, 0.1) is 5.97 Å². The normalized spacial score (nSPS) is 10.0. The summed E-state index contributed by atoms with van der Waals surface area (Å²) < 4.78 is 5.92. The quantitative estimate of drug-likeness (QED) is 0.580. The van der Waals surface area contributed by atoms with Crippen LogP contribution < -0.4 is 39.4 Å². The van der Waals surface area contributed by atoms with Gasteiger partial charge in [0.25, 0.3) is 0 Å². The molecular formula is C20H15ClNNaO3. The molecule has 3 rings (SSSR count). The number of carboxylic acid groups (broad SMARTS) is 1. The van der Waals surface area contributed by atoms with Crippen molar-refractivity contribution in [2.24, 2.45) is 0 Å². The minimum Gasteiger partial charge on any atom is -0.545 e. The van der Waals surface area contributed by atoms with Crippen molar-refractivity contribution in [1.82, 2.24) is 4.98 Å². The van der Waals surface area contributed by atoms with Gasteiger partial charge < -0.3 is 14.6 Å². The molecule has 0 saturated heterocycles. The maximum absolute atomic E-state index is 11.0. The summed E-state index contributed by atoms with van der Waals surface area (Å²) in [6.07, 6.45) is 3.34. The smallest absolute Gasteiger partial charge is 0.545 e. The molecule has 0 saturated carbocycles. The first kappa shape index (κ1) is 20.5. The van der Waals surface area contributed by atoms with Gasteiger partial charge in [-0.2, -0.15) is 0 Å². The van der Waals surface area contributed by atoms with Crippen LogP contribution in [0.15, 0.2) is 67.0 Å². The second kappa shape index (κ2) is 9.74. The molecule has 126 valence electrons. The third-order valence-corrected chi connectivity index (χ3v) is 3.92. The van der Waals surface area contributed by atoms with E-state index < -0.39 is 5.97 Å². The molecule has 0 spiro atoms. The van der Waals surface area contributed by atoms with E-state index in [0.29, 0.717) is 23.8 Å². The summed E-state index contributed by atoms with van der Waals surface area (Å²) in [5.74, 6) is -0.548. The van der Waals surface area contributed by atoms with E-state index in [-0.39, 0.29) is 35.1 Å². The number of rotatable bonds is 6. The second-order valence-corrected chi connectivity index (χ2v) is 6.01. The molecule has 26 heavy (non-hydrogen) atoms. The van der Waals surface area contributed by atoms with Gasteiger partial charge in [0.1, 0.15) is 12.4 Å². The van der Waals surface area contributed by atoms with Crippen LogP contribution in [0.2, 0.25) is 5.02 Å². The first-order valence-corrected chi connectivity index (χ1v) is 8.10. The van der Waals surface area contributed by atoms with Crippen LogP contribution in [0.4, 0.5) is 0 Å². The molecule has 6 heteroatoms. The zero-order chi connectivity index (χ0) is 17.6. The van der Waals surface area contributed by atoms with E-state index in [9.17, 15) is 9.90 Å². The number of carboxylic acids is 1. The number of carbonyl (C=O) groups is 1. The van der Waals surface area contributed by atoms with Gasteiger partial charge >= 0.3 is 29.6 Å². The summed E-state index contributed by atoms with van der Waals surface area (Å²) in [4.78, 5) is 14.9. The molecule has 0 unspecified atom stereocenters. The Morgan fingerprint density at radius 3 is 2.54 bits per heavy atom. The minimum atomic E-state index is -1.25. The number of hydrogen-bond donors (Lipinski definition) is 0. The average Bonchev–Trinajstić information content (AvgIpc) is 2.62. The molecule has 2 aromatic carbocycles. The standard InChI is InChI=1S/C20H16ClNO3.Na/c21-18-6-7-19(25-13-14-4-2-1-3-5-14)16(10-18)8-15-9-17(20(23)24)12-22-11-15;/h1-7,9-12H,8,13H2,(H,23,24);/q;+1/p-1. The Balaban J connectivity index is 0.00000243. The van der Waals surface area contributed by atoms with E-state index in [1.165, 1.54) is 6.20 Å². The summed E-state index contributed by atoms with van der Waals surface area (Å²) in [7, 11) is 0. The number of pyridine rings is 1. The Kier molecular flexibility index (Phi) is 7.66. The van der Waals surface area contributed by atoms with Gasteiger partial charge in [0, 0.05) is 35.0 Å². The van der Waals surface area contributed by atoms with Crippen LogP contribution in [0.5, 0.6) is 5.75 Å². The Bertz CT molecular complexity index is 887. The van der Waals surface area contributed by atoms with Crippen LogP contribution in [-0.4, -0.2) is 11.0 Å². The molecule has 4 nitrogen and oxygen atoms in total. The summed E-state index contributed by atoms with van der Waals surface area (Å²) in [5.41, 5.74) is 2.71. The first-order valence-electron chi connectivity index (χ1n) is 7.72. The van der Waals surface area contributed by atoms with Crippen molar-refractivity contribution in [2.75, 3.05) is 0 Å². The number of nitrogens with zero attached hydrogens (tertiary/aromatic N) is 1. The van der Waals surface area contributed by atoms with E-state index in [1.54, 1.807) is 18.3 Å². The molecule has 0 atom stereocenters. The largest absolute Gasteiger partial charge is 1.00 e. The van der Waals surface area contributed by atoms with Gasteiger partial charge in [-0.3, -0.25) is 4.98 Å². The molecule has 0 aliphatic rings. The average molecular weight is 376 g/mol. The fraction of sp³-hybridized carbons (Fsp3) is 0.100. The Labute approximate surface area is 179 Å². The first-order chi connectivity index (χ1) is 12.1. The molecule has 0 amide bonds. The molecule has 1 heterocycles. The van der Waals surface area contributed by atoms with Crippen LogP contribution >= 0.6 is 11.6 Å². The van der Waals surface area contributed by atoms with Crippen molar-refractivity contribution in [2.45, 2.75) is 13.0 Å². The van der Waals surface area contributed by atoms with Crippen molar-refractivity contribution in [3.8, 4) is 5.75 Å². The van der Waals surface area contributed by atoms with Crippen LogP contribution in [0.1, 0.15) is 27.0 Å². The van der Waals surface area contributed by atoms with E-state index in [2.05, 4.69) is 4.98 Å². The van der Waals surface area contributed by atoms with Crippen molar-refractivity contribution < 1.29 is 44.2 Å². The van der Waals surface area contributed by atoms with Crippen molar-refractivity contribution in [1.29, 1.82) is 0 Å². The number of aromatic nitrogens is 1. The van der Waals surface area contributed by atoms with E-state index >= 15 is 0 Å². The van der Waals surface area contributed by atoms with Crippen LogP contribution in [0, 0.1) is 0 Å². The van der Waals surface area contributed by atoms with Gasteiger partial charge in [0.2, 0.25) is 0 Å². The Hall–Kier alpha value is -1.85. The molecule has 0 N–H and O–H groups in total. The predicted molar refractivity (Wildman–Crippen MR) is 93.6 cm³/mol. The third-order valence-electron chi connectivity index (χ3n) is 3.68. The van der Waals surface area contributed by atoms with Gasteiger partial charge in [-0.05, 0) is 35.4 Å². The predicted octanol–water partition coefficient (Wildman–Crippen LogP) is 0.272. The zero-order valence-corrected chi connectivity index (χ0v) is 17.1.